The van der Waals surface area contributed by atoms with E-state index in [9.17, 15) is 23.5 Å². The Hall–Kier alpha value is -6.09. The fourth-order valence-corrected chi connectivity index (χ4v) is 5.92. The molecule has 13 nitrogen and oxygen atoms in total. The highest BCUT2D eigenvalue weighted by Gasteiger charge is 2.19. The summed E-state index contributed by atoms with van der Waals surface area (Å²) < 4.78 is 33.5. The Bertz CT molecular complexity index is 2690. The molecule has 2 aromatic carbocycles. The molecule has 4 heterocycles. The zero-order chi connectivity index (χ0) is 50.7. The van der Waals surface area contributed by atoms with Crippen molar-refractivity contribution in [2.24, 2.45) is 5.73 Å². The van der Waals surface area contributed by atoms with Crippen LogP contribution in [0.4, 0.5) is 31.5 Å². The second-order valence-electron chi connectivity index (χ2n) is 16.1. The quantitative estimate of drug-likeness (QED) is 0.0474. The van der Waals surface area contributed by atoms with Crippen LogP contribution in [0.2, 0.25) is 27.4 Å². The number of allylic oxidation sites excluding steroid dienone is 2. The minimum Gasteiger partial charge on any atom is -0.465 e. The van der Waals surface area contributed by atoms with E-state index in [0.29, 0.717) is 55.3 Å². The minimum atomic E-state index is -0.525. The fourth-order valence-electron chi connectivity index (χ4n) is 5.58. The minimum absolute atomic E-state index is 0.0602. The molecule has 0 fully saturated rings. The summed E-state index contributed by atoms with van der Waals surface area (Å²) in [5.41, 5.74) is 12.0. The van der Waals surface area contributed by atoms with Gasteiger partial charge in [0.05, 0.1) is 48.6 Å². The lowest BCUT2D eigenvalue weighted by Crippen LogP contribution is -2.35. The highest BCUT2D eigenvalue weighted by atomic mass is 35.5. The predicted molar refractivity (Wildman–Crippen MR) is 273 cm³/mol. The Kier molecular flexibility index (Phi) is 22.9. The Morgan fingerprint density at radius 1 is 0.706 bits per heavy atom. The van der Waals surface area contributed by atoms with Gasteiger partial charge in [0, 0.05) is 92.9 Å². The van der Waals surface area contributed by atoms with Crippen LogP contribution >= 0.6 is 23.2 Å². The Morgan fingerprint density at radius 3 is 1.50 bits per heavy atom. The summed E-state index contributed by atoms with van der Waals surface area (Å²) in [5, 5.41) is 27.1. The van der Waals surface area contributed by atoms with Crippen molar-refractivity contribution in [2.75, 3.05) is 31.0 Å². The first kappa shape index (κ1) is 56.2. The monoisotopic (exact) mass is 984 g/mol. The number of rotatable bonds is 13. The Labute approximate surface area is 411 Å². The van der Waals surface area contributed by atoms with E-state index in [0.717, 1.165) is 16.7 Å². The van der Waals surface area contributed by atoms with Gasteiger partial charge in [0.1, 0.15) is 17.2 Å². The number of hydrogen-bond donors (Lipinski definition) is 6. The van der Waals surface area contributed by atoms with E-state index < -0.39 is 23.6 Å². The highest BCUT2D eigenvalue weighted by molar-refractivity contribution is 6.54. The third kappa shape index (κ3) is 17.2. The summed E-state index contributed by atoms with van der Waals surface area (Å²) in [6.45, 7) is 14.9. The predicted octanol–water partition coefficient (Wildman–Crippen LogP) is 11.0. The van der Waals surface area contributed by atoms with E-state index in [4.69, 9.17) is 38.8 Å². The number of aromatic nitrogens is 4. The first-order chi connectivity index (χ1) is 32.2. The van der Waals surface area contributed by atoms with E-state index in [1.165, 1.54) is 55.9 Å². The van der Waals surface area contributed by atoms with Crippen LogP contribution in [0.25, 0.3) is 33.7 Å². The van der Waals surface area contributed by atoms with Crippen LogP contribution in [0.1, 0.15) is 59.5 Å². The molecule has 6 rings (SSSR count). The van der Waals surface area contributed by atoms with E-state index in [-0.39, 0.29) is 56.0 Å². The van der Waals surface area contributed by atoms with E-state index in [1.54, 1.807) is 62.9 Å². The maximum atomic E-state index is 14.4. The maximum Gasteiger partial charge on any atom is 0.341 e. The molecule has 0 aliphatic rings. The molecule has 0 bridgehead atoms. The standard InChI is InChI=1S/C23H22ClFN4O2.C21H17ClFN3O2.C3H9NO.3CH3.Al/c1-13(2)17-11-27-21(16-8-15(24)4-5-19(16)25)9-22(17)29-20-6-7-26-10-18(20)23(31)28-14(3)12-30;1-12(2)15-11-25-19(14-8-13(22)4-5-17(14)23)9-20(15)26-18-6-7-24-10-16(18)21(27)28-3;1-3(4)2-5;;;;/h4-11,14,30H,1,12H2,2-3H3,(H,28,31)(H,26,27,29);4-11H,1H2,2-3H3,(H,24,25,26);3,5H,2,4H2,1H3;3*1H3;/t14-;;3-;;;;/m1.1..../s1. The molecule has 0 aliphatic carbocycles. The molecule has 6 aromatic rings. The van der Waals surface area contributed by atoms with Gasteiger partial charge in [-0.2, -0.15) is 0 Å². The number of nitrogens with one attached hydrogen (secondary N) is 3. The molecule has 0 saturated heterocycles. The van der Waals surface area contributed by atoms with E-state index in [2.05, 4.69) is 66.4 Å². The molecular formula is C50H57AlCl2F2N8O5. The van der Waals surface area contributed by atoms with Crippen molar-refractivity contribution in [3.05, 3.63) is 155 Å². The molecule has 0 saturated carbocycles. The van der Waals surface area contributed by atoms with Gasteiger partial charge in [0.2, 0.25) is 0 Å². The Morgan fingerprint density at radius 2 is 1.12 bits per heavy atom. The van der Waals surface area contributed by atoms with Crippen molar-refractivity contribution >= 4 is 83.1 Å². The van der Waals surface area contributed by atoms with Gasteiger partial charge in [-0.05, 0) is 99.5 Å². The van der Waals surface area contributed by atoms with Crippen LogP contribution < -0.4 is 21.7 Å². The van der Waals surface area contributed by atoms with Gasteiger partial charge in [-0.1, -0.05) is 36.4 Å². The molecule has 2 atom stereocenters. The third-order valence-electron chi connectivity index (χ3n) is 8.91. The number of nitrogens with zero attached hydrogens (tertiary/aromatic N) is 4. The molecule has 0 spiro atoms. The molecule has 68 heavy (non-hydrogen) atoms. The van der Waals surface area contributed by atoms with Crippen molar-refractivity contribution in [2.45, 2.75) is 57.1 Å². The Balaban J connectivity index is 0.000000307. The number of methoxy groups -OCH3 is 1. The average molecular weight is 986 g/mol. The number of benzene rings is 2. The zero-order valence-electron chi connectivity index (χ0n) is 39.3. The summed E-state index contributed by atoms with van der Waals surface area (Å²) >= 11 is 11.9. The van der Waals surface area contributed by atoms with Gasteiger partial charge < -0.3 is 36.6 Å². The number of amides is 1. The maximum absolute atomic E-state index is 14.4. The molecular weight excluding hydrogens is 928 g/mol. The van der Waals surface area contributed by atoms with Crippen molar-refractivity contribution in [1.29, 1.82) is 0 Å². The van der Waals surface area contributed by atoms with E-state index in [1.807, 2.05) is 13.8 Å². The number of hydrogen-bond acceptors (Lipinski definition) is 12. The summed E-state index contributed by atoms with van der Waals surface area (Å²) in [6.07, 6.45) is 9.13. The number of nitrogens with two attached hydrogens (primary N) is 1. The lowest BCUT2D eigenvalue weighted by atomic mass is 10.0. The molecule has 0 unspecified atom stereocenters. The van der Waals surface area contributed by atoms with Crippen LogP contribution in [-0.4, -0.2) is 88.6 Å². The topological polar surface area (TPSA) is 198 Å². The number of halogens is 4. The van der Waals surface area contributed by atoms with Crippen molar-refractivity contribution in [3.8, 4) is 22.5 Å². The molecule has 0 radical (unpaired) electrons. The van der Waals surface area contributed by atoms with Gasteiger partial charge in [-0.25, -0.2) is 13.6 Å². The molecule has 1 amide bonds. The van der Waals surface area contributed by atoms with Crippen LogP contribution in [0, 0.1) is 11.6 Å². The normalized spacial score (nSPS) is 11.1. The lowest BCUT2D eigenvalue weighted by Gasteiger charge is -2.17. The van der Waals surface area contributed by atoms with Crippen molar-refractivity contribution in [3.63, 3.8) is 0 Å². The van der Waals surface area contributed by atoms with Crippen LogP contribution in [-0.2, 0) is 4.74 Å². The molecule has 7 N–H and O–H groups in total. The smallest absolute Gasteiger partial charge is 0.341 e. The second kappa shape index (κ2) is 27.7. The van der Waals surface area contributed by atoms with Gasteiger partial charge in [-0.15, -0.1) is 17.4 Å². The average Bonchev–Trinajstić information content (AvgIpc) is 3.30. The van der Waals surface area contributed by atoms with E-state index >= 15 is 0 Å². The van der Waals surface area contributed by atoms with Gasteiger partial charge in [0.25, 0.3) is 20.1 Å². The lowest BCUT2D eigenvalue weighted by molar-refractivity contribution is 0.0601. The van der Waals surface area contributed by atoms with Crippen LogP contribution in [0.5, 0.6) is 0 Å². The third-order valence-corrected chi connectivity index (χ3v) is 9.38. The van der Waals surface area contributed by atoms with Gasteiger partial charge in [0.15, 0.2) is 0 Å². The number of carbonyl (C=O) groups is 2. The number of aliphatic hydroxyl groups is 2. The first-order valence-corrected chi connectivity index (χ1v) is 25.4. The van der Waals surface area contributed by atoms with Crippen molar-refractivity contribution in [1.82, 2.24) is 25.3 Å². The number of carbonyl (C=O) groups excluding carboxylic acids is 2. The fraction of sp³-hybridized carbons (Fsp3) is 0.240. The summed E-state index contributed by atoms with van der Waals surface area (Å²) in [5.74, 6) is 5.12. The summed E-state index contributed by atoms with van der Waals surface area (Å²) in [6, 6.07) is 14.7. The summed E-state index contributed by atoms with van der Waals surface area (Å²) in [7, 11) is 1.30. The SMILES string of the molecule is C=C(C)c1cnc(-c2cc(Cl)ccc2F)cc1Nc1ccncc1C(=O)N[C@H](C)CO.C=C(C)c1cnc(-c2cc(Cl)ccc2F)cc1Nc1ccncc1C(=O)OC.C[C@@H](N)CO.[CH3][Al]([CH3])[CH3]. The second-order valence-corrected chi connectivity index (χ2v) is 20.4. The first-order valence-electron chi connectivity index (χ1n) is 21.2. The van der Waals surface area contributed by atoms with Crippen LogP contribution in [0.3, 0.4) is 0 Å². The summed E-state index contributed by atoms with van der Waals surface area (Å²) in [4.78, 5) is 41.3. The number of aliphatic hydroxyl groups excluding tert-OH is 2. The highest BCUT2D eigenvalue weighted by Crippen LogP contribution is 2.34. The largest absolute Gasteiger partial charge is 0.465 e. The molecule has 0 aliphatic heterocycles. The van der Waals surface area contributed by atoms with Crippen LogP contribution in [0.15, 0.2) is 111 Å². The van der Waals surface area contributed by atoms with Gasteiger partial charge >= 0.3 is 5.97 Å². The zero-order valence-corrected chi connectivity index (χ0v) is 42.0. The molecule has 358 valence electrons. The number of pyridine rings is 4. The molecule has 4 aromatic heterocycles. The number of esters is 1. The molecule has 18 heteroatoms. The number of anilines is 4. The van der Waals surface area contributed by atoms with Gasteiger partial charge in [-0.3, -0.25) is 24.7 Å². The number of ether oxygens (including phenoxy) is 1. The van der Waals surface area contributed by atoms with Crippen molar-refractivity contribution < 1.29 is 33.3 Å².